The second-order valence-electron chi connectivity index (χ2n) is 13.6. The Kier molecular flexibility index (Phi) is 10.4. The molecule has 5 rings (SSSR count). The molecule has 0 aromatic heterocycles. The molecular weight excluding hydrogens is 656 g/mol. The van der Waals surface area contributed by atoms with Gasteiger partial charge in [0.2, 0.25) is 5.69 Å². The second-order valence-corrected chi connectivity index (χ2v) is 17.2. The number of rotatable bonds is 11. The molecule has 0 atom stereocenters. The molecule has 11 heteroatoms. The number of benzene rings is 2. The van der Waals surface area contributed by atoms with Crippen LogP contribution in [0.3, 0.4) is 0 Å². The monoisotopic (exact) mass is 701 g/mol. The van der Waals surface area contributed by atoms with Gasteiger partial charge in [-0.15, -0.1) is 0 Å². The Balaban J connectivity index is 1.46. The summed E-state index contributed by atoms with van der Waals surface area (Å²) in [5, 5.41) is 0.727. The Hall–Kier alpha value is -2.70. The van der Waals surface area contributed by atoms with Crippen LogP contribution in [-0.4, -0.2) is 61.5 Å². The van der Waals surface area contributed by atoms with Crippen LogP contribution in [0.4, 0.5) is 11.4 Å². The van der Waals surface area contributed by atoms with Gasteiger partial charge < -0.3 is 18.6 Å². The number of allylic oxidation sites excluding steroid dienone is 8. The summed E-state index contributed by atoms with van der Waals surface area (Å²) >= 11 is 7.10. The highest BCUT2D eigenvalue weighted by molar-refractivity contribution is 8.19. The fourth-order valence-electron chi connectivity index (χ4n) is 7.15. The Bertz CT molecular complexity index is 1800. The van der Waals surface area contributed by atoms with E-state index in [1.54, 1.807) is 0 Å². The molecule has 0 amide bonds. The maximum atomic E-state index is 11.4. The van der Waals surface area contributed by atoms with Gasteiger partial charge in [0, 0.05) is 58.3 Å². The Morgan fingerprint density at radius 3 is 2.23 bits per heavy atom. The zero-order valence-electron chi connectivity index (χ0n) is 27.5. The van der Waals surface area contributed by atoms with Crippen molar-refractivity contribution in [3.8, 4) is 0 Å². The lowest BCUT2D eigenvalue weighted by atomic mass is 9.81. The van der Waals surface area contributed by atoms with Crippen LogP contribution in [0.5, 0.6) is 0 Å². The highest BCUT2D eigenvalue weighted by Gasteiger charge is 2.44. The van der Waals surface area contributed by atoms with Crippen LogP contribution in [0.2, 0.25) is 0 Å². The van der Waals surface area contributed by atoms with Crippen molar-refractivity contribution >= 4 is 49.7 Å². The zero-order chi connectivity index (χ0) is 34.2. The predicted octanol–water partition coefficient (Wildman–Crippen LogP) is 8.80. The van der Waals surface area contributed by atoms with Gasteiger partial charge in [0.15, 0.2) is 5.71 Å². The molecule has 1 aliphatic carbocycles. The van der Waals surface area contributed by atoms with E-state index in [0.717, 1.165) is 63.8 Å². The van der Waals surface area contributed by atoms with Gasteiger partial charge in [-0.1, -0.05) is 74.0 Å². The van der Waals surface area contributed by atoms with Crippen molar-refractivity contribution in [2.75, 3.05) is 29.5 Å². The summed E-state index contributed by atoms with van der Waals surface area (Å²) in [5.41, 5.74) is 8.07. The summed E-state index contributed by atoms with van der Waals surface area (Å²) in [4.78, 5) is 2.20. The second kappa shape index (κ2) is 13.7. The quantitative estimate of drug-likeness (QED) is 0.136. The van der Waals surface area contributed by atoms with E-state index in [1.165, 1.54) is 5.56 Å². The van der Waals surface area contributed by atoms with Crippen molar-refractivity contribution in [1.29, 1.82) is 0 Å². The maximum absolute atomic E-state index is 11.4. The summed E-state index contributed by atoms with van der Waals surface area (Å²) < 4.78 is 63.0. The van der Waals surface area contributed by atoms with E-state index in [-0.39, 0.29) is 22.3 Å². The third-order valence-corrected chi connectivity index (χ3v) is 11.6. The number of hydrogen-bond donors (Lipinski definition) is 4. The highest BCUT2D eigenvalue weighted by atomic mass is 35.5. The standard InChI is InChI=1S/C36H45ClN2O6S2/c1-35(2)28-14-5-7-16-30(28)38(22-10-24-46(40,41)42)32(35)20-18-26-12-9-13-27(34(26)37)19-21-33-36(3,4)29-15-6-8-17-31(29)39(33)23-11-25-47(43,44)45/h5-8,14-21H,9-13,22-25H2,1-4H3,(H3-,40,41,42,43,44,45)/p+1. The third kappa shape index (κ3) is 7.80. The number of anilines is 1. The average Bonchev–Trinajstić information content (AvgIpc) is 3.33. The van der Waals surface area contributed by atoms with Crippen molar-refractivity contribution in [3.05, 3.63) is 106 Å². The van der Waals surface area contributed by atoms with Crippen molar-refractivity contribution < 1.29 is 31.2 Å². The van der Waals surface area contributed by atoms with Crippen molar-refractivity contribution in [2.24, 2.45) is 0 Å². The molecule has 4 N–H and O–H groups in total. The average molecular weight is 702 g/mol. The summed E-state index contributed by atoms with van der Waals surface area (Å²) in [6.07, 6.45) is 11.8. The lowest BCUT2D eigenvalue weighted by Gasteiger charge is -2.28. The van der Waals surface area contributed by atoms with Gasteiger partial charge in [0.25, 0.3) is 10.1 Å². The van der Waals surface area contributed by atoms with E-state index in [9.17, 15) is 26.6 Å². The van der Waals surface area contributed by atoms with Crippen LogP contribution in [0.1, 0.15) is 70.9 Å². The minimum atomic E-state index is -4.05. The van der Waals surface area contributed by atoms with Gasteiger partial charge in [-0.2, -0.15) is 13.0 Å². The molecule has 2 aromatic carbocycles. The molecule has 0 saturated carbocycles. The van der Waals surface area contributed by atoms with Crippen LogP contribution >= 0.6 is 22.5 Å². The summed E-state index contributed by atoms with van der Waals surface area (Å²) in [6.45, 7) is 9.68. The molecule has 2 heterocycles. The molecule has 3 aliphatic rings. The van der Waals surface area contributed by atoms with E-state index >= 15 is 0 Å². The number of halogens is 1. The molecule has 0 spiro atoms. The lowest BCUT2D eigenvalue weighted by molar-refractivity contribution is -0.437. The van der Waals surface area contributed by atoms with Gasteiger partial charge in [-0.05, 0) is 68.4 Å². The van der Waals surface area contributed by atoms with Gasteiger partial charge in [-0.25, -0.2) is 0 Å². The van der Waals surface area contributed by atoms with Gasteiger partial charge in [0.1, 0.15) is 6.54 Å². The number of hydrogen-bond acceptors (Lipinski definition) is 6. The number of para-hydroxylation sites is 2. The molecule has 0 fully saturated rings. The molecule has 254 valence electrons. The number of fused-ring (bicyclic) bond motifs is 2. The van der Waals surface area contributed by atoms with Crippen molar-refractivity contribution in [2.45, 2.75) is 70.6 Å². The first-order valence-corrected chi connectivity index (χ1v) is 19.7. The first kappa shape index (κ1) is 35.6. The highest BCUT2D eigenvalue weighted by Crippen LogP contribution is 2.48. The van der Waals surface area contributed by atoms with Gasteiger partial charge >= 0.3 is 0 Å². The fraction of sp³-hybridized carbons (Fsp3) is 0.417. The molecule has 0 saturated heterocycles. The first-order valence-electron chi connectivity index (χ1n) is 16.0. The van der Waals surface area contributed by atoms with Gasteiger partial charge in [-0.3, -0.25) is 4.55 Å². The van der Waals surface area contributed by atoms with E-state index in [2.05, 4.69) is 79.7 Å². The molecule has 47 heavy (non-hydrogen) atoms. The molecule has 0 radical (unpaired) electrons. The van der Waals surface area contributed by atoms with Crippen molar-refractivity contribution in [1.82, 2.24) is 0 Å². The van der Waals surface area contributed by atoms with Crippen LogP contribution in [0, 0.1) is 0 Å². The van der Waals surface area contributed by atoms with Gasteiger partial charge in [0.05, 0.1) is 22.0 Å². The topological polar surface area (TPSA) is 121 Å². The minimum Gasteiger partial charge on any atom is -0.344 e. The maximum Gasteiger partial charge on any atom is 0.265 e. The van der Waals surface area contributed by atoms with Crippen LogP contribution in [0.25, 0.3) is 0 Å². The largest absolute Gasteiger partial charge is 0.344 e. The SMILES string of the molecule is CC1(C)C(/C=C/C2=C(Cl)C(=C/C=C3\N(CCCS(O)(O)O)c4ccccc4C3(C)C)/CCC2)=[N+](CCCS(=O)(=O)O)c2ccccc21. The first-order chi connectivity index (χ1) is 22.0. The predicted molar refractivity (Wildman–Crippen MR) is 194 cm³/mol. The molecule has 8 nitrogen and oxygen atoms in total. The fourth-order valence-corrected chi connectivity index (χ4v) is 8.48. The van der Waals surface area contributed by atoms with E-state index in [0.29, 0.717) is 25.9 Å². The molecule has 2 aromatic rings. The molecule has 0 bridgehead atoms. The Morgan fingerprint density at radius 2 is 1.53 bits per heavy atom. The molecule has 2 aliphatic heterocycles. The Labute approximate surface area is 285 Å². The van der Waals surface area contributed by atoms with E-state index in [1.807, 2.05) is 30.3 Å². The van der Waals surface area contributed by atoms with Crippen LogP contribution < -0.4 is 4.90 Å². The van der Waals surface area contributed by atoms with E-state index < -0.39 is 21.0 Å². The Morgan fingerprint density at radius 1 is 0.851 bits per heavy atom. The molecular formula is C36H46ClN2O6S2+. The molecule has 0 unspecified atom stereocenters. The zero-order valence-corrected chi connectivity index (χ0v) is 29.9. The van der Waals surface area contributed by atoms with Crippen LogP contribution in [0.15, 0.2) is 94.7 Å². The lowest BCUT2D eigenvalue weighted by Crippen LogP contribution is -2.28. The summed E-state index contributed by atoms with van der Waals surface area (Å²) in [7, 11) is -7.61. The third-order valence-electron chi connectivity index (χ3n) is 9.52. The normalized spacial score (nSPS) is 21.3. The van der Waals surface area contributed by atoms with Crippen LogP contribution in [-0.2, 0) is 20.9 Å². The minimum absolute atomic E-state index is 0.0798. The van der Waals surface area contributed by atoms with E-state index in [4.69, 9.17) is 11.6 Å². The van der Waals surface area contributed by atoms with Crippen molar-refractivity contribution in [3.63, 3.8) is 0 Å². The number of nitrogens with zero attached hydrogens (tertiary/aromatic N) is 2. The summed E-state index contributed by atoms with van der Waals surface area (Å²) in [6, 6.07) is 16.4. The summed E-state index contributed by atoms with van der Waals surface area (Å²) in [5.74, 6) is -0.376. The smallest absolute Gasteiger partial charge is 0.265 e.